The molecular formula is C12H17NO2. The maximum absolute atomic E-state index is 11.6. The molecule has 0 saturated carbocycles. The highest BCUT2D eigenvalue weighted by molar-refractivity contribution is 5.80. The summed E-state index contributed by atoms with van der Waals surface area (Å²) in [5.41, 5.74) is 7.33. The molecule has 1 aromatic carbocycles. The van der Waals surface area contributed by atoms with Crippen molar-refractivity contribution in [3.05, 3.63) is 29.8 Å². The van der Waals surface area contributed by atoms with Crippen molar-refractivity contribution >= 4 is 11.7 Å². The summed E-state index contributed by atoms with van der Waals surface area (Å²) >= 11 is 0. The van der Waals surface area contributed by atoms with Crippen LogP contribution >= 0.6 is 0 Å². The fourth-order valence-electron chi connectivity index (χ4n) is 1.58. The summed E-state index contributed by atoms with van der Waals surface area (Å²) in [6, 6.07) is 7.42. The molecule has 0 saturated heterocycles. The highest BCUT2D eigenvalue weighted by Gasteiger charge is 2.21. The standard InChI is InChI=1S/C12H17NO2/c1-3-9(12(14)15-4-2)10-7-5-6-8-11(10)13/h5-9H,3-4,13H2,1-2H3. The number of esters is 1. The van der Waals surface area contributed by atoms with Crippen LogP contribution in [0, 0.1) is 0 Å². The van der Waals surface area contributed by atoms with Crippen molar-refractivity contribution in [2.45, 2.75) is 26.2 Å². The van der Waals surface area contributed by atoms with Gasteiger partial charge in [-0.1, -0.05) is 25.1 Å². The average molecular weight is 207 g/mol. The van der Waals surface area contributed by atoms with Crippen molar-refractivity contribution in [1.82, 2.24) is 0 Å². The molecule has 1 unspecified atom stereocenters. The van der Waals surface area contributed by atoms with E-state index in [1.54, 1.807) is 13.0 Å². The number of hydrogen-bond acceptors (Lipinski definition) is 3. The van der Waals surface area contributed by atoms with E-state index in [9.17, 15) is 4.79 Å². The van der Waals surface area contributed by atoms with E-state index in [1.165, 1.54) is 0 Å². The number of ether oxygens (including phenoxy) is 1. The van der Waals surface area contributed by atoms with Gasteiger partial charge in [0.05, 0.1) is 12.5 Å². The fraction of sp³-hybridized carbons (Fsp3) is 0.417. The predicted molar refractivity (Wildman–Crippen MR) is 60.5 cm³/mol. The van der Waals surface area contributed by atoms with Crippen LogP contribution in [0.2, 0.25) is 0 Å². The summed E-state index contributed by atoms with van der Waals surface area (Å²) in [6.07, 6.45) is 0.701. The van der Waals surface area contributed by atoms with Crippen LogP contribution in [0.1, 0.15) is 31.7 Å². The van der Waals surface area contributed by atoms with E-state index in [-0.39, 0.29) is 11.9 Å². The number of nitrogen functional groups attached to an aromatic ring is 1. The van der Waals surface area contributed by atoms with Crippen molar-refractivity contribution in [3.8, 4) is 0 Å². The average Bonchev–Trinajstić information content (AvgIpc) is 2.22. The fourth-order valence-corrected chi connectivity index (χ4v) is 1.58. The molecule has 0 heterocycles. The topological polar surface area (TPSA) is 52.3 Å². The van der Waals surface area contributed by atoms with Gasteiger partial charge in [-0.3, -0.25) is 4.79 Å². The van der Waals surface area contributed by atoms with Crippen LogP contribution in [0.25, 0.3) is 0 Å². The first-order chi connectivity index (χ1) is 7.20. The second-order valence-corrected chi connectivity index (χ2v) is 3.34. The first kappa shape index (κ1) is 11.6. The Bertz CT molecular complexity index is 336. The van der Waals surface area contributed by atoms with E-state index in [1.807, 2.05) is 25.1 Å². The zero-order valence-corrected chi connectivity index (χ0v) is 9.19. The van der Waals surface area contributed by atoms with Gasteiger partial charge in [-0.2, -0.15) is 0 Å². The first-order valence-corrected chi connectivity index (χ1v) is 5.21. The number of anilines is 1. The minimum atomic E-state index is -0.244. The molecular weight excluding hydrogens is 190 g/mol. The molecule has 0 aliphatic carbocycles. The monoisotopic (exact) mass is 207 g/mol. The third-order valence-electron chi connectivity index (χ3n) is 2.35. The molecule has 0 fully saturated rings. The number of benzene rings is 1. The van der Waals surface area contributed by atoms with Gasteiger partial charge in [0.1, 0.15) is 0 Å². The predicted octanol–water partition coefficient (Wildman–Crippen LogP) is 2.33. The lowest BCUT2D eigenvalue weighted by Crippen LogP contribution is -2.16. The van der Waals surface area contributed by atoms with Crippen LogP contribution in [-0.2, 0) is 9.53 Å². The molecule has 3 heteroatoms. The SMILES string of the molecule is CCOC(=O)C(CC)c1ccccc1N. The summed E-state index contributed by atoms with van der Waals surface area (Å²) in [6.45, 7) is 4.16. The second-order valence-electron chi connectivity index (χ2n) is 3.34. The molecule has 0 aromatic heterocycles. The van der Waals surface area contributed by atoms with E-state index in [0.29, 0.717) is 18.7 Å². The number of para-hydroxylation sites is 1. The number of hydrogen-bond donors (Lipinski definition) is 1. The normalized spacial score (nSPS) is 12.1. The summed E-state index contributed by atoms with van der Waals surface area (Å²) in [7, 11) is 0. The minimum absolute atomic E-state index is 0.196. The molecule has 2 N–H and O–H groups in total. The highest BCUT2D eigenvalue weighted by Crippen LogP contribution is 2.26. The van der Waals surface area contributed by atoms with Crippen LogP contribution in [0.5, 0.6) is 0 Å². The molecule has 1 rings (SSSR count). The van der Waals surface area contributed by atoms with Gasteiger partial charge >= 0.3 is 5.97 Å². The zero-order valence-electron chi connectivity index (χ0n) is 9.19. The minimum Gasteiger partial charge on any atom is -0.466 e. The molecule has 82 valence electrons. The lowest BCUT2D eigenvalue weighted by Gasteiger charge is -2.15. The Labute approximate surface area is 90.2 Å². The molecule has 0 bridgehead atoms. The Morgan fingerprint density at radius 2 is 2.07 bits per heavy atom. The van der Waals surface area contributed by atoms with E-state index in [0.717, 1.165) is 5.56 Å². The number of nitrogens with two attached hydrogens (primary N) is 1. The van der Waals surface area contributed by atoms with Gasteiger partial charge in [0.15, 0.2) is 0 Å². The van der Waals surface area contributed by atoms with Crippen molar-refractivity contribution in [3.63, 3.8) is 0 Å². The largest absolute Gasteiger partial charge is 0.466 e. The highest BCUT2D eigenvalue weighted by atomic mass is 16.5. The van der Waals surface area contributed by atoms with Gasteiger partial charge in [0, 0.05) is 5.69 Å². The van der Waals surface area contributed by atoms with Gasteiger partial charge in [0.2, 0.25) is 0 Å². The zero-order chi connectivity index (χ0) is 11.3. The van der Waals surface area contributed by atoms with Crippen LogP contribution < -0.4 is 5.73 Å². The number of carbonyl (C=O) groups excluding carboxylic acids is 1. The third kappa shape index (κ3) is 2.72. The third-order valence-corrected chi connectivity index (χ3v) is 2.35. The summed E-state index contributed by atoms with van der Waals surface area (Å²) < 4.78 is 5.01. The Morgan fingerprint density at radius 3 is 2.60 bits per heavy atom. The van der Waals surface area contributed by atoms with Crippen molar-refractivity contribution in [1.29, 1.82) is 0 Å². The second kappa shape index (κ2) is 5.39. The van der Waals surface area contributed by atoms with Gasteiger partial charge in [-0.25, -0.2) is 0 Å². The van der Waals surface area contributed by atoms with Gasteiger partial charge in [-0.05, 0) is 25.0 Å². The van der Waals surface area contributed by atoms with E-state index >= 15 is 0 Å². The summed E-state index contributed by atoms with van der Waals surface area (Å²) in [4.78, 5) is 11.6. The first-order valence-electron chi connectivity index (χ1n) is 5.21. The Balaban J connectivity index is 2.92. The molecule has 1 aromatic rings. The van der Waals surface area contributed by atoms with Gasteiger partial charge in [0.25, 0.3) is 0 Å². The molecule has 1 atom stereocenters. The van der Waals surface area contributed by atoms with Crippen molar-refractivity contribution in [2.24, 2.45) is 0 Å². The van der Waals surface area contributed by atoms with Crippen LogP contribution in [0.3, 0.4) is 0 Å². The van der Waals surface area contributed by atoms with Crippen LogP contribution in [0.15, 0.2) is 24.3 Å². The maximum Gasteiger partial charge on any atom is 0.313 e. The quantitative estimate of drug-likeness (QED) is 0.609. The number of carbonyl (C=O) groups is 1. The molecule has 3 nitrogen and oxygen atoms in total. The summed E-state index contributed by atoms with van der Waals surface area (Å²) in [5, 5.41) is 0. The number of rotatable bonds is 4. The molecule has 0 spiro atoms. The van der Waals surface area contributed by atoms with Crippen molar-refractivity contribution < 1.29 is 9.53 Å². The molecule has 0 aliphatic rings. The lowest BCUT2D eigenvalue weighted by atomic mass is 9.95. The van der Waals surface area contributed by atoms with Crippen LogP contribution in [0.4, 0.5) is 5.69 Å². The van der Waals surface area contributed by atoms with Gasteiger partial charge in [-0.15, -0.1) is 0 Å². The molecule has 0 radical (unpaired) electrons. The van der Waals surface area contributed by atoms with E-state index in [4.69, 9.17) is 10.5 Å². The van der Waals surface area contributed by atoms with E-state index < -0.39 is 0 Å². The Kier molecular flexibility index (Phi) is 4.16. The molecule has 15 heavy (non-hydrogen) atoms. The Morgan fingerprint density at radius 1 is 1.40 bits per heavy atom. The Hall–Kier alpha value is -1.51. The smallest absolute Gasteiger partial charge is 0.313 e. The van der Waals surface area contributed by atoms with Gasteiger partial charge < -0.3 is 10.5 Å². The summed E-state index contributed by atoms with van der Waals surface area (Å²) in [5.74, 6) is -0.441. The lowest BCUT2D eigenvalue weighted by molar-refractivity contribution is -0.145. The molecule has 0 amide bonds. The van der Waals surface area contributed by atoms with E-state index in [2.05, 4.69) is 0 Å². The van der Waals surface area contributed by atoms with Crippen molar-refractivity contribution in [2.75, 3.05) is 12.3 Å². The maximum atomic E-state index is 11.6. The molecule has 0 aliphatic heterocycles. The van der Waals surface area contributed by atoms with Crippen LogP contribution in [-0.4, -0.2) is 12.6 Å².